The van der Waals surface area contributed by atoms with Gasteiger partial charge in [0.2, 0.25) is 0 Å². The van der Waals surface area contributed by atoms with E-state index in [1.165, 1.54) is 25.8 Å². The van der Waals surface area contributed by atoms with Crippen LogP contribution in [0.1, 0.15) is 26.2 Å². The number of hydrogen-bond donors (Lipinski definition) is 1. The molecule has 0 spiro atoms. The topological polar surface area (TPSA) is 41.7 Å². The van der Waals surface area contributed by atoms with Crippen molar-refractivity contribution in [3.05, 3.63) is 0 Å². The highest BCUT2D eigenvalue weighted by molar-refractivity contribution is 4.84. The van der Waals surface area contributed by atoms with E-state index in [1.54, 1.807) is 0 Å². The third kappa shape index (κ3) is 3.67. The molecule has 0 aliphatic carbocycles. The Morgan fingerprint density at radius 3 is 2.83 bits per heavy atom. The standard InChI is InChI=1S/C14H29N3O/c1-3-12-4-5-17(13(8-12)9-15)11-14-10-16(2)6-7-18-14/h12-14H,3-11,15H2,1-2H3. The van der Waals surface area contributed by atoms with E-state index in [4.69, 9.17) is 10.5 Å². The second kappa shape index (κ2) is 6.85. The van der Waals surface area contributed by atoms with Gasteiger partial charge in [-0.1, -0.05) is 13.3 Å². The van der Waals surface area contributed by atoms with Gasteiger partial charge in [-0.15, -0.1) is 0 Å². The molecule has 2 aliphatic heterocycles. The van der Waals surface area contributed by atoms with Gasteiger partial charge in [-0.05, 0) is 32.4 Å². The van der Waals surface area contributed by atoms with Crippen molar-refractivity contribution in [2.24, 2.45) is 11.7 Å². The van der Waals surface area contributed by atoms with Gasteiger partial charge in [0, 0.05) is 32.2 Å². The van der Waals surface area contributed by atoms with Crippen LogP contribution in [0.5, 0.6) is 0 Å². The zero-order chi connectivity index (χ0) is 13.0. The molecular formula is C14H29N3O. The number of hydrogen-bond acceptors (Lipinski definition) is 4. The van der Waals surface area contributed by atoms with Crippen molar-refractivity contribution in [1.82, 2.24) is 9.80 Å². The summed E-state index contributed by atoms with van der Waals surface area (Å²) in [5, 5.41) is 0. The molecule has 0 amide bonds. The smallest absolute Gasteiger partial charge is 0.0829 e. The molecule has 2 saturated heterocycles. The second-order valence-electron chi connectivity index (χ2n) is 5.94. The summed E-state index contributed by atoms with van der Waals surface area (Å²) in [6.45, 7) is 8.35. The molecule has 0 saturated carbocycles. The molecule has 106 valence electrons. The third-order valence-corrected chi connectivity index (χ3v) is 4.58. The Hall–Kier alpha value is -0.160. The van der Waals surface area contributed by atoms with Gasteiger partial charge in [0.15, 0.2) is 0 Å². The van der Waals surface area contributed by atoms with E-state index in [0.29, 0.717) is 12.1 Å². The molecule has 0 aromatic rings. The minimum atomic E-state index is 0.371. The Labute approximate surface area is 111 Å². The van der Waals surface area contributed by atoms with Crippen molar-refractivity contribution in [2.75, 3.05) is 46.4 Å². The van der Waals surface area contributed by atoms with Crippen LogP contribution in [0.3, 0.4) is 0 Å². The quantitative estimate of drug-likeness (QED) is 0.805. The van der Waals surface area contributed by atoms with Gasteiger partial charge in [-0.3, -0.25) is 4.90 Å². The molecule has 0 aromatic heterocycles. The molecular weight excluding hydrogens is 226 g/mol. The second-order valence-corrected chi connectivity index (χ2v) is 5.94. The minimum Gasteiger partial charge on any atom is -0.374 e. The number of piperidine rings is 1. The van der Waals surface area contributed by atoms with Crippen LogP contribution in [0.25, 0.3) is 0 Å². The van der Waals surface area contributed by atoms with Crippen LogP contribution in [0.15, 0.2) is 0 Å². The molecule has 4 nitrogen and oxygen atoms in total. The normalized spacial score (nSPS) is 35.8. The molecule has 3 atom stereocenters. The lowest BCUT2D eigenvalue weighted by atomic mass is 9.88. The first-order valence-electron chi connectivity index (χ1n) is 7.47. The van der Waals surface area contributed by atoms with E-state index in [-0.39, 0.29) is 0 Å². The maximum Gasteiger partial charge on any atom is 0.0829 e. The van der Waals surface area contributed by atoms with E-state index < -0.39 is 0 Å². The van der Waals surface area contributed by atoms with Crippen molar-refractivity contribution in [3.8, 4) is 0 Å². The van der Waals surface area contributed by atoms with E-state index in [1.807, 2.05) is 0 Å². The molecule has 2 heterocycles. The number of likely N-dealkylation sites (tertiary alicyclic amines) is 1. The summed E-state index contributed by atoms with van der Waals surface area (Å²) >= 11 is 0. The molecule has 2 N–H and O–H groups in total. The van der Waals surface area contributed by atoms with Crippen LogP contribution in [0, 0.1) is 5.92 Å². The Bertz CT molecular complexity index is 249. The summed E-state index contributed by atoms with van der Waals surface area (Å²) in [4.78, 5) is 4.93. The highest BCUT2D eigenvalue weighted by Crippen LogP contribution is 2.25. The molecule has 0 aromatic carbocycles. The third-order valence-electron chi connectivity index (χ3n) is 4.58. The van der Waals surface area contributed by atoms with Gasteiger partial charge < -0.3 is 15.4 Å². The van der Waals surface area contributed by atoms with Crippen LogP contribution in [-0.2, 0) is 4.74 Å². The van der Waals surface area contributed by atoms with Crippen LogP contribution >= 0.6 is 0 Å². The monoisotopic (exact) mass is 255 g/mol. The fraction of sp³-hybridized carbons (Fsp3) is 1.00. The fourth-order valence-corrected chi connectivity index (χ4v) is 3.28. The molecule has 4 heteroatoms. The van der Waals surface area contributed by atoms with Crippen LogP contribution in [0.2, 0.25) is 0 Å². The summed E-state index contributed by atoms with van der Waals surface area (Å²) in [5.41, 5.74) is 5.95. The van der Waals surface area contributed by atoms with Gasteiger partial charge in [0.25, 0.3) is 0 Å². The summed E-state index contributed by atoms with van der Waals surface area (Å²) in [6.07, 6.45) is 4.27. The summed E-state index contributed by atoms with van der Waals surface area (Å²) in [5.74, 6) is 0.879. The average molecular weight is 255 g/mol. The van der Waals surface area contributed by atoms with E-state index in [0.717, 1.165) is 38.7 Å². The van der Waals surface area contributed by atoms with Gasteiger partial charge >= 0.3 is 0 Å². The highest BCUT2D eigenvalue weighted by Gasteiger charge is 2.29. The molecule has 0 bridgehead atoms. The molecule has 0 radical (unpaired) electrons. The van der Waals surface area contributed by atoms with Gasteiger partial charge in [-0.2, -0.15) is 0 Å². The predicted octanol–water partition coefficient (Wildman–Crippen LogP) is 0.766. The molecule has 2 aliphatic rings. The Balaban J connectivity index is 1.84. The first-order chi connectivity index (χ1) is 8.72. The largest absolute Gasteiger partial charge is 0.374 e. The lowest BCUT2D eigenvalue weighted by Crippen LogP contribution is -2.53. The van der Waals surface area contributed by atoms with Crippen molar-refractivity contribution in [3.63, 3.8) is 0 Å². The number of likely N-dealkylation sites (N-methyl/N-ethyl adjacent to an activating group) is 1. The van der Waals surface area contributed by atoms with Crippen LogP contribution < -0.4 is 5.73 Å². The number of morpholine rings is 1. The molecule has 2 rings (SSSR count). The van der Waals surface area contributed by atoms with Gasteiger partial charge in [-0.25, -0.2) is 0 Å². The summed E-state index contributed by atoms with van der Waals surface area (Å²) in [7, 11) is 2.18. The first kappa shape index (κ1) is 14.3. The lowest BCUT2D eigenvalue weighted by Gasteiger charge is -2.42. The maximum absolute atomic E-state index is 5.95. The minimum absolute atomic E-state index is 0.371. The Morgan fingerprint density at radius 2 is 2.17 bits per heavy atom. The van der Waals surface area contributed by atoms with Crippen LogP contribution in [0.4, 0.5) is 0 Å². The molecule has 3 unspecified atom stereocenters. The summed E-state index contributed by atoms with van der Waals surface area (Å²) in [6, 6.07) is 0.569. The SMILES string of the molecule is CCC1CCN(CC2CN(C)CCO2)C(CN)C1. The highest BCUT2D eigenvalue weighted by atomic mass is 16.5. The fourth-order valence-electron chi connectivity index (χ4n) is 3.28. The van der Waals surface area contributed by atoms with E-state index >= 15 is 0 Å². The van der Waals surface area contributed by atoms with Crippen molar-refractivity contribution < 1.29 is 4.74 Å². The van der Waals surface area contributed by atoms with Crippen molar-refractivity contribution >= 4 is 0 Å². The van der Waals surface area contributed by atoms with Gasteiger partial charge in [0.05, 0.1) is 12.7 Å². The maximum atomic E-state index is 5.95. The number of ether oxygens (including phenoxy) is 1. The predicted molar refractivity (Wildman–Crippen MR) is 74.7 cm³/mol. The molecule has 2 fully saturated rings. The van der Waals surface area contributed by atoms with Crippen molar-refractivity contribution in [2.45, 2.75) is 38.3 Å². The molecule has 18 heavy (non-hydrogen) atoms. The van der Waals surface area contributed by atoms with Crippen LogP contribution in [-0.4, -0.2) is 68.3 Å². The Kier molecular flexibility index (Phi) is 5.42. The zero-order valence-corrected chi connectivity index (χ0v) is 12.0. The number of nitrogens with two attached hydrogens (primary N) is 1. The Morgan fingerprint density at radius 1 is 1.33 bits per heavy atom. The van der Waals surface area contributed by atoms with E-state index in [2.05, 4.69) is 23.8 Å². The zero-order valence-electron chi connectivity index (χ0n) is 12.0. The van der Waals surface area contributed by atoms with E-state index in [9.17, 15) is 0 Å². The average Bonchev–Trinajstić information content (AvgIpc) is 2.39. The number of rotatable bonds is 4. The van der Waals surface area contributed by atoms with Gasteiger partial charge in [0.1, 0.15) is 0 Å². The lowest BCUT2D eigenvalue weighted by molar-refractivity contribution is -0.0475. The van der Waals surface area contributed by atoms with Crippen molar-refractivity contribution in [1.29, 1.82) is 0 Å². The summed E-state index contributed by atoms with van der Waals surface area (Å²) < 4.78 is 5.87. The first-order valence-corrected chi connectivity index (χ1v) is 7.47. The number of nitrogens with zero attached hydrogens (tertiary/aromatic N) is 2.